The molecule has 3 nitrogen and oxygen atoms in total. The van der Waals surface area contributed by atoms with Crippen LogP contribution in [0.3, 0.4) is 0 Å². The Morgan fingerprint density at radius 1 is 1.40 bits per heavy atom. The maximum Gasteiger partial charge on any atom is 0.131 e. The van der Waals surface area contributed by atoms with Crippen LogP contribution in [-0.2, 0) is 13.0 Å². The molecule has 0 fully saturated rings. The normalized spacial score (nSPS) is 12.4. The van der Waals surface area contributed by atoms with Crippen molar-refractivity contribution in [3.05, 3.63) is 45.4 Å². The molecule has 0 saturated carbocycles. The summed E-state index contributed by atoms with van der Waals surface area (Å²) in [6.07, 6.45) is 2.17. The van der Waals surface area contributed by atoms with Crippen molar-refractivity contribution in [2.45, 2.75) is 46.3 Å². The van der Waals surface area contributed by atoms with Gasteiger partial charge in [0.25, 0.3) is 0 Å². The van der Waals surface area contributed by atoms with Crippen LogP contribution < -0.4 is 10.5 Å². The van der Waals surface area contributed by atoms with E-state index in [1.165, 1.54) is 10.6 Å². The van der Waals surface area contributed by atoms with E-state index in [1.807, 2.05) is 19.1 Å². The summed E-state index contributed by atoms with van der Waals surface area (Å²) in [6.45, 7) is 6.71. The third kappa shape index (κ3) is 3.81. The maximum absolute atomic E-state index is 6.00. The summed E-state index contributed by atoms with van der Waals surface area (Å²) in [4.78, 5) is 4.57. The fraction of sp³-hybridized carbons (Fsp3) is 0.438. The Morgan fingerprint density at radius 2 is 2.20 bits per heavy atom. The van der Waals surface area contributed by atoms with Crippen LogP contribution in [0.4, 0.5) is 0 Å². The molecule has 20 heavy (non-hydrogen) atoms. The molecule has 2 aromatic rings. The zero-order valence-electron chi connectivity index (χ0n) is 12.3. The fourth-order valence-corrected chi connectivity index (χ4v) is 2.94. The Hall–Kier alpha value is -1.39. The molecule has 0 spiro atoms. The van der Waals surface area contributed by atoms with Gasteiger partial charge in [-0.3, -0.25) is 0 Å². The van der Waals surface area contributed by atoms with Gasteiger partial charge < -0.3 is 10.5 Å². The molecular weight excluding hydrogens is 268 g/mol. The second kappa shape index (κ2) is 6.86. The molecule has 1 atom stereocenters. The molecule has 0 aliphatic rings. The third-order valence-corrected chi connectivity index (χ3v) is 4.05. The largest absolute Gasteiger partial charge is 0.487 e. The minimum absolute atomic E-state index is 0.0315. The van der Waals surface area contributed by atoms with Crippen LogP contribution >= 0.6 is 11.3 Å². The first-order valence-corrected chi connectivity index (χ1v) is 7.90. The Labute approximate surface area is 124 Å². The monoisotopic (exact) mass is 290 g/mol. The lowest BCUT2D eigenvalue weighted by Crippen LogP contribution is -2.08. The van der Waals surface area contributed by atoms with Crippen molar-refractivity contribution in [2.24, 2.45) is 5.73 Å². The van der Waals surface area contributed by atoms with E-state index in [1.54, 1.807) is 11.3 Å². The Balaban J connectivity index is 2.06. The Bertz CT molecular complexity index is 563. The van der Waals surface area contributed by atoms with E-state index in [9.17, 15) is 0 Å². The number of rotatable bonds is 6. The van der Waals surface area contributed by atoms with Gasteiger partial charge in [0.1, 0.15) is 12.4 Å². The predicted octanol–water partition coefficient (Wildman–Crippen LogP) is 4.00. The van der Waals surface area contributed by atoms with Crippen molar-refractivity contribution in [3.63, 3.8) is 0 Å². The molecule has 4 heteroatoms. The van der Waals surface area contributed by atoms with E-state index < -0.39 is 0 Å². The topological polar surface area (TPSA) is 48.1 Å². The van der Waals surface area contributed by atoms with Gasteiger partial charge in [-0.05, 0) is 32.8 Å². The zero-order chi connectivity index (χ0) is 14.5. The van der Waals surface area contributed by atoms with Crippen molar-refractivity contribution >= 4 is 11.3 Å². The Morgan fingerprint density at radius 3 is 2.90 bits per heavy atom. The Kier molecular flexibility index (Phi) is 5.15. The third-order valence-electron chi connectivity index (χ3n) is 3.09. The minimum Gasteiger partial charge on any atom is -0.487 e. The zero-order valence-corrected chi connectivity index (χ0v) is 13.2. The van der Waals surface area contributed by atoms with Gasteiger partial charge in [0.2, 0.25) is 0 Å². The first-order chi connectivity index (χ1) is 9.60. The quantitative estimate of drug-likeness (QED) is 0.874. The summed E-state index contributed by atoms with van der Waals surface area (Å²) < 4.78 is 5.90. The lowest BCUT2D eigenvalue weighted by molar-refractivity contribution is 0.297. The molecule has 1 heterocycles. The van der Waals surface area contributed by atoms with Crippen LogP contribution in [0.15, 0.2) is 23.6 Å². The summed E-state index contributed by atoms with van der Waals surface area (Å²) >= 11 is 1.71. The molecule has 2 N–H and O–H groups in total. The highest BCUT2D eigenvalue weighted by atomic mass is 32.1. The lowest BCUT2D eigenvalue weighted by atomic mass is 10.1. The van der Waals surface area contributed by atoms with Gasteiger partial charge in [-0.2, -0.15) is 0 Å². The van der Waals surface area contributed by atoms with Gasteiger partial charge in [0, 0.05) is 17.0 Å². The molecule has 1 aromatic carbocycles. The van der Waals surface area contributed by atoms with Gasteiger partial charge in [-0.15, -0.1) is 11.3 Å². The van der Waals surface area contributed by atoms with Crippen molar-refractivity contribution in [1.82, 2.24) is 4.98 Å². The van der Waals surface area contributed by atoms with Crippen LogP contribution in [0.1, 0.15) is 48.1 Å². The van der Waals surface area contributed by atoms with Gasteiger partial charge in [0.15, 0.2) is 0 Å². The maximum atomic E-state index is 6.00. The summed E-state index contributed by atoms with van der Waals surface area (Å²) in [6, 6.07) is 6.10. The number of ether oxygens (including phenoxy) is 1. The van der Waals surface area contributed by atoms with Crippen molar-refractivity contribution < 1.29 is 4.74 Å². The highest BCUT2D eigenvalue weighted by molar-refractivity contribution is 7.09. The van der Waals surface area contributed by atoms with Gasteiger partial charge in [0.05, 0.1) is 10.7 Å². The van der Waals surface area contributed by atoms with Crippen molar-refractivity contribution in [2.75, 3.05) is 0 Å². The number of benzene rings is 1. The number of hydrogen-bond donors (Lipinski definition) is 1. The molecule has 0 aliphatic carbocycles. The average molecular weight is 290 g/mol. The smallest absolute Gasteiger partial charge is 0.131 e. The highest BCUT2D eigenvalue weighted by Crippen LogP contribution is 2.26. The van der Waals surface area contributed by atoms with Crippen LogP contribution in [0.5, 0.6) is 5.75 Å². The first kappa shape index (κ1) is 15.0. The fourth-order valence-electron chi connectivity index (χ4n) is 2.05. The average Bonchev–Trinajstić information content (AvgIpc) is 2.85. The molecule has 0 aliphatic heterocycles. The number of aromatic nitrogens is 1. The van der Waals surface area contributed by atoms with E-state index in [-0.39, 0.29) is 6.04 Å². The van der Waals surface area contributed by atoms with E-state index >= 15 is 0 Å². The molecule has 0 unspecified atom stereocenters. The van der Waals surface area contributed by atoms with Gasteiger partial charge in [-0.25, -0.2) is 4.98 Å². The van der Waals surface area contributed by atoms with Crippen molar-refractivity contribution in [1.29, 1.82) is 0 Å². The molecule has 0 amide bonds. The van der Waals surface area contributed by atoms with E-state index in [0.717, 1.165) is 29.8 Å². The number of nitrogens with two attached hydrogens (primary N) is 1. The molecule has 2 rings (SSSR count). The van der Waals surface area contributed by atoms with Gasteiger partial charge >= 0.3 is 0 Å². The van der Waals surface area contributed by atoms with E-state index in [4.69, 9.17) is 10.5 Å². The van der Waals surface area contributed by atoms with Crippen LogP contribution in [0.2, 0.25) is 0 Å². The highest BCUT2D eigenvalue weighted by Gasteiger charge is 2.09. The lowest BCUT2D eigenvalue weighted by Gasteiger charge is -2.14. The van der Waals surface area contributed by atoms with E-state index in [0.29, 0.717) is 6.61 Å². The first-order valence-electron chi connectivity index (χ1n) is 7.02. The second-order valence-corrected chi connectivity index (χ2v) is 6.04. The molecule has 1 aromatic heterocycles. The molecule has 0 bridgehead atoms. The standard InChI is InChI=1S/C16H22N2OS/c1-4-5-16-18-13(10-20-16)9-19-15-7-6-11(2)8-14(15)12(3)17/h6-8,10,12H,4-5,9,17H2,1-3H3/t12-/m1/s1. The number of thiazole rings is 1. The number of aryl methyl sites for hydroxylation is 2. The van der Waals surface area contributed by atoms with Gasteiger partial charge in [-0.1, -0.05) is 24.6 Å². The second-order valence-electron chi connectivity index (χ2n) is 5.10. The molecule has 108 valence electrons. The summed E-state index contributed by atoms with van der Waals surface area (Å²) in [7, 11) is 0. The summed E-state index contributed by atoms with van der Waals surface area (Å²) in [5.74, 6) is 0.857. The van der Waals surface area contributed by atoms with E-state index in [2.05, 4.69) is 30.3 Å². The van der Waals surface area contributed by atoms with Crippen LogP contribution in [0, 0.1) is 6.92 Å². The van der Waals surface area contributed by atoms with Crippen LogP contribution in [0.25, 0.3) is 0 Å². The number of hydrogen-bond acceptors (Lipinski definition) is 4. The summed E-state index contributed by atoms with van der Waals surface area (Å²) in [5, 5.41) is 3.26. The van der Waals surface area contributed by atoms with Crippen LogP contribution in [-0.4, -0.2) is 4.98 Å². The summed E-state index contributed by atoms with van der Waals surface area (Å²) in [5.41, 5.74) is 9.25. The molecular formula is C16H22N2OS. The SMILES string of the molecule is CCCc1nc(COc2ccc(C)cc2[C@@H](C)N)cs1. The molecule has 0 radical (unpaired) electrons. The number of nitrogens with zero attached hydrogens (tertiary/aromatic N) is 1. The molecule has 0 saturated heterocycles. The minimum atomic E-state index is -0.0315. The predicted molar refractivity (Wildman–Crippen MR) is 84.2 cm³/mol. The van der Waals surface area contributed by atoms with Crippen molar-refractivity contribution in [3.8, 4) is 5.75 Å².